The first-order valence-electron chi connectivity index (χ1n) is 3.70. The number of nitrogens with zero attached hydrogens (tertiary/aromatic N) is 2. The van der Waals surface area contributed by atoms with Gasteiger partial charge in [0.15, 0.2) is 5.76 Å². The van der Waals surface area contributed by atoms with Gasteiger partial charge in [0, 0.05) is 0 Å². The van der Waals surface area contributed by atoms with E-state index in [1.807, 2.05) is 0 Å². The normalized spacial score (nSPS) is 10.2. The fourth-order valence-corrected chi connectivity index (χ4v) is 0.915. The molecule has 0 saturated carbocycles. The van der Waals surface area contributed by atoms with Gasteiger partial charge in [-0.2, -0.15) is 4.98 Å². The van der Waals surface area contributed by atoms with Gasteiger partial charge in [-0.1, -0.05) is 5.16 Å². The second-order valence-corrected chi connectivity index (χ2v) is 2.36. The van der Waals surface area contributed by atoms with Crippen molar-refractivity contribution in [3.63, 3.8) is 0 Å². The molecule has 0 unspecified atom stereocenters. The molecule has 0 radical (unpaired) electrons. The number of carbonyl (C=O) groups is 1. The summed E-state index contributed by atoms with van der Waals surface area (Å²) in [7, 11) is 0. The van der Waals surface area contributed by atoms with E-state index in [0.717, 1.165) is 0 Å². The summed E-state index contributed by atoms with van der Waals surface area (Å²) in [6, 6.07) is 3.45. The third-order valence-electron chi connectivity index (χ3n) is 1.47. The molecular weight excluding hydrogens is 172 g/mol. The first-order chi connectivity index (χ1) is 6.40. The van der Waals surface area contributed by atoms with Crippen LogP contribution in [0.4, 0.5) is 0 Å². The number of furan rings is 1. The number of carbonyl (C=O) groups excluding carboxylic acids is 1. The Labute approximate surface area is 73.4 Å². The Hall–Kier alpha value is -1.91. The van der Waals surface area contributed by atoms with Crippen LogP contribution in [0.5, 0.6) is 0 Å². The van der Waals surface area contributed by atoms with E-state index in [1.54, 1.807) is 12.1 Å². The molecule has 2 aromatic rings. The second kappa shape index (κ2) is 3.22. The molecule has 2 heterocycles. The first kappa shape index (κ1) is 7.72. The van der Waals surface area contributed by atoms with Crippen molar-refractivity contribution in [1.82, 2.24) is 10.1 Å². The zero-order valence-corrected chi connectivity index (χ0v) is 6.64. The predicted molar refractivity (Wildman–Crippen MR) is 41.8 cm³/mol. The third-order valence-corrected chi connectivity index (χ3v) is 1.47. The van der Waals surface area contributed by atoms with Crippen molar-refractivity contribution in [1.29, 1.82) is 0 Å². The van der Waals surface area contributed by atoms with Gasteiger partial charge < -0.3 is 13.7 Å². The molecule has 2 rings (SSSR count). The van der Waals surface area contributed by atoms with Gasteiger partial charge in [-0.05, 0) is 12.1 Å². The molecular formula is C8H6N2O3. The quantitative estimate of drug-likeness (QED) is 0.657. The lowest BCUT2D eigenvalue weighted by Crippen LogP contribution is -1.84. The number of aldehydes is 1. The average molecular weight is 178 g/mol. The van der Waals surface area contributed by atoms with E-state index in [4.69, 9.17) is 8.94 Å². The Morgan fingerprint density at radius 2 is 2.46 bits per heavy atom. The van der Waals surface area contributed by atoms with Gasteiger partial charge in [-0.25, -0.2) is 0 Å². The van der Waals surface area contributed by atoms with E-state index in [0.29, 0.717) is 23.8 Å². The summed E-state index contributed by atoms with van der Waals surface area (Å²) in [5.41, 5.74) is 0. The smallest absolute Gasteiger partial charge is 0.238 e. The lowest BCUT2D eigenvalue weighted by molar-refractivity contribution is -0.107. The molecule has 0 spiro atoms. The molecule has 0 saturated heterocycles. The average Bonchev–Trinajstić information content (AvgIpc) is 2.70. The monoisotopic (exact) mass is 178 g/mol. The molecule has 2 aromatic heterocycles. The molecule has 0 fully saturated rings. The summed E-state index contributed by atoms with van der Waals surface area (Å²) in [4.78, 5) is 14.1. The Kier molecular flexibility index (Phi) is 1.91. The SMILES string of the molecule is O=CCc1nc(-c2ccco2)no1. The van der Waals surface area contributed by atoms with Crippen molar-refractivity contribution in [2.75, 3.05) is 0 Å². The van der Waals surface area contributed by atoms with Gasteiger partial charge in [0.05, 0.1) is 12.7 Å². The van der Waals surface area contributed by atoms with Crippen LogP contribution in [0.15, 0.2) is 27.3 Å². The van der Waals surface area contributed by atoms with Crippen LogP contribution in [0.1, 0.15) is 5.89 Å². The molecule has 0 aromatic carbocycles. The molecule has 0 aliphatic rings. The number of aromatic nitrogens is 2. The standard InChI is InChI=1S/C8H6N2O3/c11-4-3-7-9-8(10-13-7)6-2-1-5-12-6/h1-2,4-5H,3H2. The van der Waals surface area contributed by atoms with Gasteiger partial charge in [0.1, 0.15) is 6.29 Å². The Morgan fingerprint density at radius 1 is 1.54 bits per heavy atom. The molecule has 0 bridgehead atoms. The Bertz CT molecular complexity index is 391. The maximum atomic E-state index is 10.1. The Balaban J connectivity index is 2.28. The summed E-state index contributed by atoms with van der Waals surface area (Å²) in [5.74, 6) is 1.18. The number of rotatable bonds is 3. The lowest BCUT2D eigenvalue weighted by Gasteiger charge is -1.81. The van der Waals surface area contributed by atoms with Crippen molar-refractivity contribution < 1.29 is 13.7 Å². The minimum Gasteiger partial charge on any atom is -0.461 e. The number of hydrogen-bond donors (Lipinski definition) is 0. The highest BCUT2D eigenvalue weighted by atomic mass is 16.5. The highest BCUT2D eigenvalue weighted by molar-refractivity contribution is 5.53. The summed E-state index contributed by atoms with van der Waals surface area (Å²) < 4.78 is 9.81. The summed E-state index contributed by atoms with van der Waals surface area (Å²) in [6.07, 6.45) is 2.36. The van der Waals surface area contributed by atoms with Gasteiger partial charge in [-0.15, -0.1) is 0 Å². The molecule has 0 aliphatic carbocycles. The van der Waals surface area contributed by atoms with Gasteiger partial charge in [-0.3, -0.25) is 0 Å². The molecule has 0 amide bonds. The van der Waals surface area contributed by atoms with Crippen LogP contribution in [0, 0.1) is 0 Å². The summed E-state index contributed by atoms with van der Waals surface area (Å²) >= 11 is 0. The Morgan fingerprint density at radius 3 is 3.15 bits per heavy atom. The molecule has 66 valence electrons. The topological polar surface area (TPSA) is 69.1 Å². The van der Waals surface area contributed by atoms with Gasteiger partial charge in [0.25, 0.3) is 0 Å². The van der Waals surface area contributed by atoms with Crippen molar-refractivity contribution >= 4 is 6.29 Å². The maximum absolute atomic E-state index is 10.1. The fraction of sp³-hybridized carbons (Fsp3) is 0.125. The highest BCUT2D eigenvalue weighted by Crippen LogP contribution is 2.15. The van der Waals surface area contributed by atoms with Crippen LogP contribution >= 0.6 is 0 Å². The molecule has 0 atom stereocenters. The predicted octanol–water partition coefficient (Wildman–Crippen LogP) is 1.07. The van der Waals surface area contributed by atoms with E-state index in [2.05, 4.69) is 10.1 Å². The summed E-state index contributed by atoms with van der Waals surface area (Å²) in [6.45, 7) is 0. The van der Waals surface area contributed by atoms with E-state index in [-0.39, 0.29) is 6.42 Å². The van der Waals surface area contributed by atoms with Gasteiger partial charge in [0.2, 0.25) is 11.7 Å². The largest absolute Gasteiger partial charge is 0.461 e. The lowest BCUT2D eigenvalue weighted by atomic mass is 10.4. The van der Waals surface area contributed by atoms with Gasteiger partial charge >= 0.3 is 0 Å². The van der Waals surface area contributed by atoms with Crippen LogP contribution in [0.3, 0.4) is 0 Å². The zero-order chi connectivity index (χ0) is 9.10. The van der Waals surface area contributed by atoms with E-state index in [9.17, 15) is 4.79 Å². The van der Waals surface area contributed by atoms with Crippen molar-refractivity contribution in [3.8, 4) is 11.6 Å². The molecule has 5 nitrogen and oxygen atoms in total. The van der Waals surface area contributed by atoms with Crippen molar-refractivity contribution in [2.45, 2.75) is 6.42 Å². The second-order valence-electron chi connectivity index (χ2n) is 2.36. The molecule has 13 heavy (non-hydrogen) atoms. The fourth-order valence-electron chi connectivity index (χ4n) is 0.915. The van der Waals surface area contributed by atoms with Crippen molar-refractivity contribution in [3.05, 3.63) is 24.3 Å². The first-order valence-corrected chi connectivity index (χ1v) is 3.70. The molecule has 0 aliphatic heterocycles. The van der Waals surface area contributed by atoms with E-state index >= 15 is 0 Å². The highest BCUT2D eigenvalue weighted by Gasteiger charge is 2.09. The van der Waals surface area contributed by atoms with Crippen LogP contribution in [-0.4, -0.2) is 16.4 Å². The molecule has 0 N–H and O–H groups in total. The minimum absolute atomic E-state index is 0.133. The van der Waals surface area contributed by atoms with E-state index < -0.39 is 0 Å². The van der Waals surface area contributed by atoms with Crippen LogP contribution in [0.25, 0.3) is 11.6 Å². The number of hydrogen-bond acceptors (Lipinski definition) is 5. The minimum atomic E-state index is 0.133. The van der Waals surface area contributed by atoms with Crippen LogP contribution < -0.4 is 0 Å². The zero-order valence-electron chi connectivity index (χ0n) is 6.64. The van der Waals surface area contributed by atoms with E-state index in [1.165, 1.54) is 6.26 Å². The maximum Gasteiger partial charge on any atom is 0.238 e. The molecule has 5 heteroatoms. The third kappa shape index (κ3) is 1.48. The van der Waals surface area contributed by atoms with Crippen molar-refractivity contribution in [2.24, 2.45) is 0 Å². The summed E-state index contributed by atoms with van der Waals surface area (Å²) in [5, 5.41) is 3.64. The van der Waals surface area contributed by atoms with Crippen LogP contribution in [0.2, 0.25) is 0 Å². The van der Waals surface area contributed by atoms with Crippen LogP contribution in [-0.2, 0) is 11.2 Å².